The van der Waals surface area contributed by atoms with E-state index in [-0.39, 0.29) is 9.92 Å². The molecule has 1 aromatic rings. The molecule has 4 nitrogen and oxygen atoms in total. The maximum Gasteiger partial charge on any atom is 0.244 e. The van der Waals surface area contributed by atoms with Gasteiger partial charge in [-0.3, -0.25) is 0 Å². The summed E-state index contributed by atoms with van der Waals surface area (Å²) < 4.78 is 26.9. The standard InChI is InChI=1S/C14H23ClN2O2S/c1-3-5-9-17(10-6-4-2)20(18,19)14-11-12(16)7-8-13(14)15/h7-8,11H,3-6,9-10,16H2,1-2H3. The topological polar surface area (TPSA) is 63.4 Å². The molecule has 0 aromatic heterocycles. The molecule has 20 heavy (non-hydrogen) atoms. The first-order valence-electron chi connectivity index (χ1n) is 6.98. The predicted molar refractivity (Wildman–Crippen MR) is 84.4 cm³/mol. The van der Waals surface area contributed by atoms with Gasteiger partial charge in [-0.2, -0.15) is 4.31 Å². The van der Waals surface area contributed by atoms with Crippen LogP contribution in [0.4, 0.5) is 5.69 Å². The van der Waals surface area contributed by atoms with Crippen LogP contribution < -0.4 is 5.73 Å². The zero-order valence-electron chi connectivity index (χ0n) is 12.1. The third-order valence-corrected chi connectivity index (χ3v) is 5.48. The average Bonchev–Trinajstić information content (AvgIpc) is 2.41. The Morgan fingerprint density at radius 2 is 1.70 bits per heavy atom. The normalized spacial score (nSPS) is 12.0. The molecule has 0 aliphatic carbocycles. The number of hydrogen-bond acceptors (Lipinski definition) is 3. The molecule has 0 unspecified atom stereocenters. The Bertz CT molecular complexity index is 524. The molecule has 0 spiro atoms. The molecule has 0 bridgehead atoms. The molecule has 1 rings (SSSR count). The highest BCUT2D eigenvalue weighted by atomic mass is 35.5. The summed E-state index contributed by atoms with van der Waals surface area (Å²) in [6.07, 6.45) is 3.57. The van der Waals surface area contributed by atoms with E-state index in [1.54, 1.807) is 6.07 Å². The van der Waals surface area contributed by atoms with Gasteiger partial charge in [0.15, 0.2) is 0 Å². The molecule has 0 fully saturated rings. The molecule has 0 saturated heterocycles. The summed E-state index contributed by atoms with van der Waals surface area (Å²) in [4.78, 5) is 0.103. The van der Waals surface area contributed by atoms with Gasteiger partial charge in [-0.05, 0) is 31.0 Å². The van der Waals surface area contributed by atoms with Crippen molar-refractivity contribution in [3.63, 3.8) is 0 Å². The van der Waals surface area contributed by atoms with E-state index < -0.39 is 10.0 Å². The number of hydrogen-bond donors (Lipinski definition) is 1. The molecule has 0 aliphatic rings. The first-order valence-corrected chi connectivity index (χ1v) is 8.80. The lowest BCUT2D eigenvalue weighted by Gasteiger charge is -2.22. The van der Waals surface area contributed by atoms with E-state index in [0.29, 0.717) is 18.8 Å². The van der Waals surface area contributed by atoms with Gasteiger partial charge in [0.2, 0.25) is 10.0 Å². The Balaban J connectivity index is 3.10. The fraction of sp³-hybridized carbons (Fsp3) is 0.571. The molecule has 0 aliphatic heterocycles. The molecule has 0 radical (unpaired) electrons. The zero-order valence-corrected chi connectivity index (χ0v) is 13.7. The number of sulfonamides is 1. The van der Waals surface area contributed by atoms with Gasteiger partial charge in [0.05, 0.1) is 5.02 Å². The van der Waals surface area contributed by atoms with Crippen LogP contribution in [0.3, 0.4) is 0 Å². The average molecular weight is 319 g/mol. The number of nitrogens with two attached hydrogens (primary N) is 1. The number of unbranched alkanes of at least 4 members (excludes halogenated alkanes) is 2. The van der Waals surface area contributed by atoms with Crippen LogP contribution in [0.2, 0.25) is 5.02 Å². The second-order valence-electron chi connectivity index (χ2n) is 4.80. The van der Waals surface area contributed by atoms with E-state index in [1.165, 1.54) is 16.4 Å². The second kappa shape index (κ2) is 7.86. The first kappa shape index (κ1) is 17.3. The van der Waals surface area contributed by atoms with Crippen LogP contribution in [0.5, 0.6) is 0 Å². The molecule has 0 saturated carbocycles. The molecule has 0 atom stereocenters. The van der Waals surface area contributed by atoms with Gasteiger partial charge in [0.1, 0.15) is 4.90 Å². The third kappa shape index (κ3) is 4.36. The summed E-state index contributed by atoms with van der Waals surface area (Å²) in [7, 11) is -3.58. The minimum absolute atomic E-state index is 0.103. The van der Waals surface area contributed by atoms with Crippen molar-refractivity contribution in [3.05, 3.63) is 23.2 Å². The summed E-state index contributed by atoms with van der Waals surface area (Å²) in [5.74, 6) is 0. The Kier molecular flexibility index (Phi) is 6.79. The monoisotopic (exact) mass is 318 g/mol. The summed E-state index contributed by atoms with van der Waals surface area (Å²) in [5.41, 5.74) is 6.08. The minimum Gasteiger partial charge on any atom is -0.399 e. The van der Waals surface area contributed by atoms with Crippen molar-refractivity contribution < 1.29 is 8.42 Å². The van der Waals surface area contributed by atoms with Gasteiger partial charge in [0.25, 0.3) is 0 Å². The number of nitrogens with zero attached hydrogens (tertiary/aromatic N) is 1. The lowest BCUT2D eigenvalue weighted by atomic mass is 10.3. The highest BCUT2D eigenvalue weighted by molar-refractivity contribution is 7.89. The minimum atomic E-state index is -3.58. The van der Waals surface area contributed by atoms with Crippen LogP contribution in [0.15, 0.2) is 23.1 Å². The van der Waals surface area contributed by atoms with Gasteiger partial charge < -0.3 is 5.73 Å². The van der Waals surface area contributed by atoms with Crippen molar-refractivity contribution in [2.75, 3.05) is 18.8 Å². The summed E-state index contributed by atoms with van der Waals surface area (Å²) >= 11 is 6.03. The predicted octanol–water partition coefficient (Wildman–Crippen LogP) is 3.51. The molecule has 1 aromatic carbocycles. The molecule has 0 amide bonds. The molecule has 114 valence electrons. The largest absolute Gasteiger partial charge is 0.399 e. The first-order chi connectivity index (χ1) is 9.43. The fourth-order valence-electron chi connectivity index (χ4n) is 1.88. The van der Waals surface area contributed by atoms with Gasteiger partial charge >= 0.3 is 0 Å². The number of anilines is 1. The van der Waals surface area contributed by atoms with Gasteiger partial charge in [-0.25, -0.2) is 8.42 Å². The van der Waals surface area contributed by atoms with E-state index >= 15 is 0 Å². The van der Waals surface area contributed by atoms with Crippen LogP contribution in [0, 0.1) is 0 Å². The van der Waals surface area contributed by atoms with E-state index in [0.717, 1.165) is 25.7 Å². The Morgan fingerprint density at radius 3 is 2.20 bits per heavy atom. The van der Waals surface area contributed by atoms with Crippen LogP contribution in [-0.2, 0) is 10.0 Å². The quantitative estimate of drug-likeness (QED) is 0.746. The fourth-order valence-corrected chi connectivity index (χ4v) is 3.90. The van der Waals surface area contributed by atoms with E-state index in [2.05, 4.69) is 0 Å². The Hall–Kier alpha value is -0.780. The third-order valence-electron chi connectivity index (χ3n) is 3.10. The second-order valence-corrected chi connectivity index (χ2v) is 7.11. The van der Waals surface area contributed by atoms with Crippen LogP contribution in [0.1, 0.15) is 39.5 Å². The molecular weight excluding hydrogens is 296 g/mol. The van der Waals surface area contributed by atoms with Gasteiger partial charge in [0, 0.05) is 18.8 Å². The highest BCUT2D eigenvalue weighted by Gasteiger charge is 2.26. The maximum atomic E-state index is 12.7. The molecular formula is C14H23ClN2O2S. The summed E-state index contributed by atoms with van der Waals surface area (Å²) in [6, 6.07) is 4.56. The number of rotatable bonds is 8. The van der Waals surface area contributed by atoms with Crippen molar-refractivity contribution in [1.29, 1.82) is 0 Å². The molecule has 2 N–H and O–H groups in total. The smallest absolute Gasteiger partial charge is 0.244 e. The van der Waals surface area contributed by atoms with E-state index in [1.807, 2.05) is 13.8 Å². The number of benzene rings is 1. The summed E-state index contributed by atoms with van der Waals surface area (Å²) in [5, 5.41) is 0.220. The van der Waals surface area contributed by atoms with Crippen molar-refractivity contribution in [3.8, 4) is 0 Å². The lowest BCUT2D eigenvalue weighted by molar-refractivity contribution is 0.395. The maximum absolute atomic E-state index is 12.7. The SMILES string of the molecule is CCCCN(CCCC)S(=O)(=O)c1cc(N)ccc1Cl. The van der Waals surface area contributed by atoms with Crippen LogP contribution in [-0.4, -0.2) is 25.8 Å². The zero-order chi connectivity index (χ0) is 15.2. The number of nitrogen functional groups attached to an aromatic ring is 1. The Morgan fingerprint density at radius 1 is 1.15 bits per heavy atom. The van der Waals surface area contributed by atoms with Crippen LogP contribution >= 0.6 is 11.6 Å². The van der Waals surface area contributed by atoms with E-state index in [4.69, 9.17) is 17.3 Å². The molecule has 0 heterocycles. The van der Waals surface area contributed by atoms with Crippen molar-refractivity contribution in [1.82, 2.24) is 4.31 Å². The number of halogens is 1. The van der Waals surface area contributed by atoms with E-state index in [9.17, 15) is 8.42 Å². The van der Waals surface area contributed by atoms with Gasteiger partial charge in [-0.15, -0.1) is 0 Å². The molecule has 6 heteroatoms. The van der Waals surface area contributed by atoms with Gasteiger partial charge in [-0.1, -0.05) is 38.3 Å². The van der Waals surface area contributed by atoms with Crippen molar-refractivity contribution in [2.24, 2.45) is 0 Å². The van der Waals surface area contributed by atoms with Crippen molar-refractivity contribution >= 4 is 27.3 Å². The highest BCUT2D eigenvalue weighted by Crippen LogP contribution is 2.27. The lowest BCUT2D eigenvalue weighted by Crippen LogP contribution is -2.33. The van der Waals surface area contributed by atoms with Crippen LogP contribution in [0.25, 0.3) is 0 Å². The summed E-state index contributed by atoms with van der Waals surface area (Å²) in [6.45, 7) is 5.12. The Labute approximate surface area is 127 Å². The van der Waals surface area contributed by atoms with Crippen molar-refractivity contribution in [2.45, 2.75) is 44.4 Å².